The number of benzene rings is 2. The van der Waals surface area contributed by atoms with E-state index in [1.807, 2.05) is 43.3 Å². The third-order valence-electron chi connectivity index (χ3n) is 4.63. The number of rotatable bonds is 3. The summed E-state index contributed by atoms with van der Waals surface area (Å²) in [5, 5.41) is 17.3. The molecule has 0 aliphatic rings. The molecule has 4 aromatic rings. The van der Waals surface area contributed by atoms with Crippen molar-refractivity contribution in [1.29, 1.82) is 5.26 Å². The minimum absolute atomic E-state index is 0.285. The van der Waals surface area contributed by atoms with E-state index >= 15 is 0 Å². The lowest BCUT2D eigenvalue weighted by molar-refractivity contribution is 0.102. The Morgan fingerprint density at radius 1 is 1.17 bits per heavy atom. The van der Waals surface area contributed by atoms with Crippen molar-refractivity contribution in [2.75, 3.05) is 5.32 Å². The molecule has 0 aliphatic carbocycles. The first-order chi connectivity index (χ1) is 14.0. The maximum absolute atomic E-state index is 13.2. The van der Waals surface area contributed by atoms with Crippen molar-refractivity contribution in [1.82, 2.24) is 14.8 Å². The van der Waals surface area contributed by atoms with Crippen LogP contribution in [-0.2, 0) is 7.05 Å². The molecule has 29 heavy (non-hydrogen) atoms. The van der Waals surface area contributed by atoms with Gasteiger partial charge in [-0.2, -0.15) is 10.4 Å². The predicted molar refractivity (Wildman–Crippen MR) is 113 cm³/mol. The molecule has 142 valence electrons. The van der Waals surface area contributed by atoms with E-state index < -0.39 is 0 Å². The normalized spacial score (nSPS) is 10.7. The number of aryl methyl sites for hydroxylation is 2. The van der Waals surface area contributed by atoms with Gasteiger partial charge in [-0.1, -0.05) is 41.9 Å². The van der Waals surface area contributed by atoms with E-state index in [2.05, 4.69) is 10.4 Å². The van der Waals surface area contributed by atoms with Crippen molar-refractivity contribution in [3.8, 4) is 17.3 Å². The van der Waals surface area contributed by atoms with Gasteiger partial charge >= 0.3 is 0 Å². The van der Waals surface area contributed by atoms with E-state index in [9.17, 15) is 4.79 Å². The molecule has 0 radical (unpaired) electrons. The molecule has 0 atom stereocenters. The van der Waals surface area contributed by atoms with Crippen LogP contribution in [0.3, 0.4) is 0 Å². The van der Waals surface area contributed by atoms with Crippen molar-refractivity contribution >= 4 is 34.2 Å². The molecule has 0 saturated heterocycles. The van der Waals surface area contributed by atoms with Crippen LogP contribution in [0, 0.1) is 18.3 Å². The molecule has 0 unspecified atom stereocenters. The average Bonchev–Trinajstić information content (AvgIpc) is 3.02. The first kappa shape index (κ1) is 18.7. The number of nitrogens with zero attached hydrogens (tertiary/aromatic N) is 4. The number of nitriles is 1. The minimum Gasteiger partial charge on any atom is -0.322 e. The summed E-state index contributed by atoms with van der Waals surface area (Å²) in [6, 6.07) is 18.2. The van der Waals surface area contributed by atoms with Crippen LogP contribution >= 0.6 is 11.6 Å². The molecule has 4 rings (SSSR count). The average molecular weight is 402 g/mol. The van der Waals surface area contributed by atoms with Crippen molar-refractivity contribution < 1.29 is 4.79 Å². The molecule has 7 heteroatoms. The number of fused-ring (bicyclic) bond motifs is 1. The highest BCUT2D eigenvalue weighted by Crippen LogP contribution is 2.28. The van der Waals surface area contributed by atoms with Gasteiger partial charge in [0.1, 0.15) is 6.07 Å². The van der Waals surface area contributed by atoms with Crippen LogP contribution in [0.2, 0.25) is 5.02 Å². The van der Waals surface area contributed by atoms with Gasteiger partial charge < -0.3 is 5.32 Å². The third kappa shape index (κ3) is 3.44. The summed E-state index contributed by atoms with van der Waals surface area (Å²) in [5.41, 5.74) is 4.27. The summed E-state index contributed by atoms with van der Waals surface area (Å²) >= 11 is 6.09. The summed E-state index contributed by atoms with van der Waals surface area (Å²) in [6.45, 7) is 1.85. The van der Waals surface area contributed by atoms with Gasteiger partial charge in [-0.15, -0.1) is 0 Å². The number of nitrogens with one attached hydrogen (secondary N) is 1. The smallest absolute Gasteiger partial charge is 0.256 e. The van der Waals surface area contributed by atoms with Gasteiger partial charge in [0.15, 0.2) is 5.65 Å². The monoisotopic (exact) mass is 401 g/mol. The minimum atomic E-state index is -0.300. The van der Waals surface area contributed by atoms with E-state index in [4.69, 9.17) is 21.8 Å². The molecule has 0 saturated carbocycles. The molecule has 2 aromatic heterocycles. The molecule has 6 nitrogen and oxygen atoms in total. The zero-order valence-corrected chi connectivity index (χ0v) is 16.5. The van der Waals surface area contributed by atoms with Gasteiger partial charge in [-0.3, -0.25) is 9.48 Å². The van der Waals surface area contributed by atoms with Gasteiger partial charge in [0.2, 0.25) is 0 Å². The van der Waals surface area contributed by atoms with Crippen LogP contribution in [0.5, 0.6) is 0 Å². The number of anilines is 1. The van der Waals surface area contributed by atoms with Crippen molar-refractivity contribution in [3.63, 3.8) is 0 Å². The maximum Gasteiger partial charge on any atom is 0.256 e. The first-order valence-electron chi connectivity index (χ1n) is 8.88. The number of hydrogen-bond donors (Lipinski definition) is 1. The van der Waals surface area contributed by atoms with Crippen LogP contribution in [0.25, 0.3) is 22.3 Å². The lowest BCUT2D eigenvalue weighted by atomic mass is 10.0. The molecule has 0 fully saturated rings. The van der Waals surface area contributed by atoms with Crippen molar-refractivity contribution in [2.45, 2.75) is 6.92 Å². The molecule has 2 heterocycles. The molecule has 0 bridgehead atoms. The molecule has 0 spiro atoms. The molecule has 1 amide bonds. The second-order valence-electron chi connectivity index (χ2n) is 6.59. The van der Waals surface area contributed by atoms with E-state index in [-0.39, 0.29) is 10.9 Å². The fourth-order valence-electron chi connectivity index (χ4n) is 3.26. The van der Waals surface area contributed by atoms with Crippen molar-refractivity contribution in [2.24, 2.45) is 7.05 Å². The molecule has 1 N–H and O–H groups in total. The summed E-state index contributed by atoms with van der Waals surface area (Å²) in [7, 11) is 1.80. The number of pyridine rings is 1. The Labute approximate surface area is 172 Å². The van der Waals surface area contributed by atoms with Crippen LogP contribution in [-0.4, -0.2) is 20.7 Å². The number of carbonyl (C=O) groups is 1. The predicted octanol–water partition coefficient (Wildman–Crippen LogP) is 4.72. The third-order valence-corrected chi connectivity index (χ3v) is 4.94. The van der Waals surface area contributed by atoms with Gasteiger partial charge in [0, 0.05) is 18.3 Å². The van der Waals surface area contributed by atoms with Gasteiger partial charge in [-0.25, -0.2) is 4.98 Å². The Bertz CT molecular complexity index is 1290. The summed E-state index contributed by atoms with van der Waals surface area (Å²) < 4.78 is 1.67. The Balaban J connectivity index is 1.82. The summed E-state index contributed by atoms with van der Waals surface area (Å²) in [5.74, 6) is -0.300. The number of carbonyl (C=O) groups excluding carboxylic acids is 1. The highest BCUT2D eigenvalue weighted by molar-refractivity contribution is 6.32. The van der Waals surface area contributed by atoms with Crippen molar-refractivity contribution in [3.05, 3.63) is 76.4 Å². The highest BCUT2D eigenvalue weighted by Gasteiger charge is 2.19. The Kier molecular flexibility index (Phi) is 4.75. The largest absolute Gasteiger partial charge is 0.322 e. The van der Waals surface area contributed by atoms with Gasteiger partial charge in [0.25, 0.3) is 5.91 Å². The second kappa shape index (κ2) is 7.38. The molecular weight excluding hydrogens is 386 g/mol. The van der Waals surface area contributed by atoms with Gasteiger partial charge in [0.05, 0.1) is 32.9 Å². The number of halogens is 1. The molecule has 0 aliphatic heterocycles. The Morgan fingerprint density at radius 2 is 1.93 bits per heavy atom. The van der Waals surface area contributed by atoms with E-state index in [0.29, 0.717) is 33.5 Å². The van der Waals surface area contributed by atoms with E-state index in [0.717, 1.165) is 11.3 Å². The summed E-state index contributed by atoms with van der Waals surface area (Å²) in [6.07, 6.45) is 0. The first-order valence-corrected chi connectivity index (χ1v) is 9.26. The number of hydrogen-bond acceptors (Lipinski definition) is 4. The Hall–Kier alpha value is -3.69. The lowest BCUT2D eigenvalue weighted by Gasteiger charge is -2.10. The second-order valence-corrected chi connectivity index (χ2v) is 7.00. The fourth-order valence-corrected chi connectivity index (χ4v) is 3.49. The molecular formula is C22H16ClN5O. The van der Waals surface area contributed by atoms with E-state index in [1.165, 1.54) is 0 Å². The lowest BCUT2D eigenvalue weighted by Crippen LogP contribution is -2.13. The SMILES string of the molecule is Cc1nn(C)c2nc(-c3ccccc3)cc(C(=O)Nc3ccc(C#N)c(Cl)c3)c12. The maximum atomic E-state index is 13.2. The van der Waals surface area contributed by atoms with Crippen LogP contribution in [0.1, 0.15) is 21.6 Å². The van der Waals surface area contributed by atoms with Crippen LogP contribution in [0.4, 0.5) is 5.69 Å². The highest BCUT2D eigenvalue weighted by atomic mass is 35.5. The van der Waals surface area contributed by atoms with Crippen LogP contribution < -0.4 is 5.32 Å². The van der Waals surface area contributed by atoms with Crippen LogP contribution in [0.15, 0.2) is 54.6 Å². The van der Waals surface area contributed by atoms with Gasteiger partial charge in [-0.05, 0) is 31.2 Å². The topological polar surface area (TPSA) is 83.6 Å². The fraction of sp³-hybridized carbons (Fsp3) is 0.0909. The molecule has 2 aromatic carbocycles. The Morgan fingerprint density at radius 3 is 2.62 bits per heavy atom. The number of amides is 1. The zero-order valence-electron chi connectivity index (χ0n) is 15.8. The summed E-state index contributed by atoms with van der Waals surface area (Å²) in [4.78, 5) is 17.9. The zero-order chi connectivity index (χ0) is 20.5. The quantitative estimate of drug-likeness (QED) is 0.538. The standard InChI is InChI=1S/C22H16ClN5O/c1-13-20-17(22(29)25-16-9-8-15(12-24)18(23)10-16)11-19(14-6-4-3-5-7-14)26-21(20)28(2)27-13/h3-11H,1-2H3,(H,25,29). The van der Waals surface area contributed by atoms with E-state index in [1.54, 1.807) is 36.0 Å². The number of aromatic nitrogens is 3.